The average Bonchev–Trinajstić information content (AvgIpc) is 1.79. The molecule has 1 N–H and O–H groups in total. The number of rotatable bonds is 5. The van der Waals surface area contributed by atoms with Gasteiger partial charge in [0, 0.05) is 6.54 Å². The predicted molar refractivity (Wildman–Crippen MR) is 41.1 cm³/mol. The van der Waals surface area contributed by atoms with Crippen LogP contribution >= 0.6 is 0 Å². The van der Waals surface area contributed by atoms with E-state index in [9.17, 15) is 0 Å². The van der Waals surface area contributed by atoms with Crippen LogP contribution in [0.4, 0.5) is 0 Å². The molecule has 0 aromatic heterocycles. The molecule has 0 aromatic rings. The highest BCUT2D eigenvalue weighted by molar-refractivity contribution is 4.43. The topological polar surface area (TPSA) is 32.7 Å². The first-order valence-corrected chi connectivity index (χ1v) is 3.53. The first-order chi connectivity index (χ1) is 4.63. The van der Waals surface area contributed by atoms with Gasteiger partial charge in [0.15, 0.2) is 0 Å². The van der Waals surface area contributed by atoms with Gasteiger partial charge in [-0.15, -0.1) is 0 Å². The van der Waals surface area contributed by atoms with Crippen molar-refractivity contribution < 1.29 is 9.84 Å². The van der Waals surface area contributed by atoms with Crippen molar-refractivity contribution in [2.24, 2.45) is 0 Å². The third-order valence-electron chi connectivity index (χ3n) is 1.04. The summed E-state index contributed by atoms with van der Waals surface area (Å²) in [6.07, 6.45) is -0.345. The van der Waals surface area contributed by atoms with Crippen molar-refractivity contribution in [1.82, 2.24) is 4.90 Å². The zero-order valence-corrected chi connectivity index (χ0v) is 7.00. The third-order valence-corrected chi connectivity index (χ3v) is 1.04. The fourth-order valence-corrected chi connectivity index (χ4v) is 0.501. The van der Waals surface area contributed by atoms with E-state index in [1.54, 1.807) is 6.92 Å². The van der Waals surface area contributed by atoms with Gasteiger partial charge in [0.25, 0.3) is 0 Å². The number of nitrogens with zero attached hydrogens (tertiary/aromatic N) is 1. The van der Waals surface area contributed by atoms with Gasteiger partial charge in [-0.2, -0.15) is 0 Å². The molecule has 0 saturated heterocycles. The fraction of sp³-hybridized carbons (Fsp3) is 1.00. The molecule has 0 aliphatic heterocycles. The minimum Gasteiger partial charge on any atom is -0.391 e. The molecule has 0 spiro atoms. The average molecular weight is 147 g/mol. The highest BCUT2D eigenvalue weighted by Crippen LogP contribution is 1.83. The van der Waals surface area contributed by atoms with E-state index in [1.807, 2.05) is 19.0 Å². The van der Waals surface area contributed by atoms with Crippen molar-refractivity contribution in [1.29, 1.82) is 0 Å². The molecule has 1 atom stereocenters. The van der Waals surface area contributed by atoms with Crippen LogP contribution in [0.15, 0.2) is 0 Å². The summed E-state index contributed by atoms with van der Waals surface area (Å²) < 4.78 is 5.11. The van der Waals surface area contributed by atoms with Crippen LogP contribution in [0.1, 0.15) is 6.92 Å². The zero-order valence-electron chi connectivity index (χ0n) is 7.00. The number of likely N-dealkylation sites (N-methyl/N-ethyl adjacent to an activating group) is 1. The van der Waals surface area contributed by atoms with Crippen LogP contribution in [0, 0.1) is 0 Å². The Kier molecular flexibility index (Phi) is 5.58. The molecule has 0 rings (SSSR count). The molecule has 3 heteroatoms. The number of hydrogen-bond donors (Lipinski definition) is 1. The summed E-state index contributed by atoms with van der Waals surface area (Å²) in [6, 6.07) is 0. The number of hydrogen-bond acceptors (Lipinski definition) is 3. The summed E-state index contributed by atoms with van der Waals surface area (Å²) in [5.74, 6) is 0. The second kappa shape index (κ2) is 5.65. The first-order valence-electron chi connectivity index (χ1n) is 3.53. The fourth-order valence-electron chi connectivity index (χ4n) is 0.501. The second-order valence-electron chi connectivity index (χ2n) is 2.73. The SMILES string of the molecule is C[C@@H](O)COCCN(C)C. The van der Waals surface area contributed by atoms with Crippen LogP contribution in [0.2, 0.25) is 0 Å². The Morgan fingerprint density at radius 2 is 2.10 bits per heavy atom. The summed E-state index contributed by atoms with van der Waals surface area (Å²) in [4.78, 5) is 2.04. The van der Waals surface area contributed by atoms with E-state index in [1.165, 1.54) is 0 Å². The Balaban J connectivity index is 2.91. The van der Waals surface area contributed by atoms with Crippen LogP contribution in [-0.2, 0) is 4.74 Å². The van der Waals surface area contributed by atoms with Gasteiger partial charge in [0.1, 0.15) is 0 Å². The molecule has 0 radical (unpaired) electrons. The monoisotopic (exact) mass is 147 g/mol. The number of ether oxygens (including phenoxy) is 1. The normalized spacial score (nSPS) is 14.1. The number of aliphatic hydroxyl groups excluding tert-OH is 1. The van der Waals surface area contributed by atoms with Crippen molar-refractivity contribution in [2.75, 3.05) is 33.9 Å². The summed E-state index contributed by atoms with van der Waals surface area (Å²) in [5, 5.41) is 8.78. The lowest BCUT2D eigenvalue weighted by Crippen LogP contribution is -2.20. The minimum atomic E-state index is -0.345. The highest BCUT2D eigenvalue weighted by atomic mass is 16.5. The molecule has 0 bridgehead atoms. The van der Waals surface area contributed by atoms with Gasteiger partial charge in [0.2, 0.25) is 0 Å². The van der Waals surface area contributed by atoms with Crippen molar-refractivity contribution in [3.05, 3.63) is 0 Å². The minimum absolute atomic E-state index is 0.345. The smallest absolute Gasteiger partial charge is 0.0745 e. The van der Waals surface area contributed by atoms with E-state index >= 15 is 0 Å². The Hall–Kier alpha value is -0.120. The van der Waals surface area contributed by atoms with Gasteiger partial charge >= 0.3 is 0 Å². The second-order valence-corrected chi connectivity index (χ2v) is 2.73. The molecule has 0 amide bonds. The molecule has 0 saturated carbocycles. The summed E-state index contributed by atoms with van der Waals surface area (Å²) >= 11 is 0. The van der Waals surface area contributed by atoms with Gasteiger partial charge in [-0.1, -0.05) is 0 Å². The molecule has 0 unspecified atom stereocenters. The molecular weight excluding hydrogens is 130 g/mol. The Morgan fingerprint density at radius 3 is 2.50 bits per heavy atom. The Bertz CT molecular complexity index is 64.0. The maximum absolute atomic E-state index is 8.78. The summed E-state index contributed by atoms with van der Waals surface area (Å²) in [6.45, 7) is 3.76. The molecule has 3 nitrogen and oxygen atoms in total. The van der Waals surface area contributed by atoms with Gasteiger partial charge in [-0.05, 0) is 21.0 Å². The highest BCUT2D eigenvalue weighted by Gasteiger charge is 1.94. The molecular formula is C7H17NO2. The van der Waals surface area contributed by atoms with Crippen molar-refractivity contribution in [3.8, 4) is 0 Å². The lowest BCUT2D eigenvalue weighted by atomic mass is 10.4. The van der Waals surface area contributed by atoms with E-state index in [4.69, 9.17) is 9.84 Å². The maximum atomic E-state index is 8.78. The molecule has 62 valence electrons. The van der Waals surface area contributed by atoms with Crippen LogP contribution < -0.4 is 0 Å². The maximum Gasteiger partial charge on any atom is 0.0745 e. The standard InChI is InChI=1S/C7H17NO2/c1-7(9)6-10-5-4-8(2)3/h7,9H,4-6H2,1-3H3/t7-/m1/s1. The van der Waals surface area contributed by atoms with E-state index in [-0.39, 0.29) is 6.10 Å². The molecule has 0 aliphatic carbocycles. The predicted octanol–water partition coefficient (Wildman–Crippen LogP) is -0.0546. The molecule has 0 aromatic carbocycles. The molecule has 0 heterocycles. The zero-order chi connectivity index (χ0) is 7.98. The van der Waals surface area contributed by atoms with E-state index in [0.717, 1.165) is 6.54 Å². The van der Waals surface area contributed by atoms with Gasteiger partial charge in [0.05, 0.1) is 19.3 Å². The quantitative estimate of drug-likeness (QED) is 0.553. The van der Waals surface area contributed by atoms with E-state index in [0.29, 0.717) is 13.2 Å². The van der Waals surface area contributed by atoms with Crippen LogP contribution in [0.3, 0.4) is 0 Å². The third kappa shape index (κ3) is 7.88. The van der Waals surface area contributed by atoms with Gasteiger partial charge in [-0.25, -0.2) is 0 Å². The Morgan fingerprint density at radius 1 is 1.50 bits per heavy atom. The Labute approximate surface area is 62.6 Å². The van der Waals surface area contributed by atoms with Crippen molar-refractivity contribution in [2.45, 2.75) is 13.0 Å². The van der Waals surface area contributed by atoms with Gasteiger partial charge in [-0.3, -0.25) is 0 Å². The molecule has 0 fully saturated rings. The number of aliphatic hydroxyl groups is 1. The van der Waals surface area contributed by atoms with E-state index < -0.39 is 0 Å². The van der Waals surface area contributed by atoms with Gasteiger partial charge < -0.3 is 14.7 Å². The lowest BCUT2D eigenvalue weighted by molar-refractivity contribution is 0.0402. The van der Waals surface area contributed by atoms with E-state index in [2.05, 4.69) is 0 Å². The van der Waals surface area contributed by atoms with Crippen LogP contribution in [0.5, 0.6) is 0 Å². The first kappa shape index (κ1) is 9.88. The summed E-state index contributed by atoms with van der Waals surface area (Å²) in [5.41, 5.74) is 0. The largest absolute Gasteiger partial charge is 0.391 e. The van der Waals surface area contributed by atoms with Crippen LogP contribution in [-0.4, -0.2) is 50.0 Å². The van der Waals surface area contributed by atoms with Crippen molar-refractivity contribution >= 4 is 0 Å². The van der Waals surface area contributed by atoms with Crippen LogP contribution in [0.25, 0.3) is 0 Å². The molecule has 10 heavy (non-hydrogen) atoms. The lowest BCUT2D eigenvalue weighted by Gasteiger charge is -2.10. The molecule has 0 aliphatic rings. The van der Waals surface area contributed by atoms with Crippen molar-refractivity contribution in [3.63, 3.8) is 0 Å². The summed E-state index contributed by atoms with van der Waals surface area (Å²) in [7, 11) is 3.98.